The van der Waals surface area contributed by atoms with E-state index in [2.05, 4.69) is 20.4 Å². The molecular formula is C9H19NO. The molecule has 2 heteroatoms. The van der Waals surface area contributed by atoms with Crippen LogP contribution in [0, 0.1) is 5.92 Å². The third-order valence-electron chi connectivity index (χ3n) is 1.92. The summed E-state index contributed by atoms with van der Waals surface area (Å²) in [6, 6.07) is 0.167. The van der Waals surface area contributed by atoms with E-state index in [-0.39, 0.29) is 6.04 Å². The van der Waals surface area contributed by atoms with Gasteiger partial charge in [0.15, 0.2) is 0 Å². The van der Waals surface area contributed by atoms with Crippen LogP contribution in [0.4, 0.5) is 0 Å². The van der Waals surface area contributed by atoms with Crippen molar-refractivity contribution in [1.82, 2.24) is 0 Å². The molecule has 0 aromatic carbocycles. The summed E-state index contributed by atoms with van der Waals surface area (Å²) >= 11 is 0. The third-order valence-corrected chi connectivity index (χ3v) is 1.92. The van der Waals surface area contributed by atoms with E-state index in [0.29, 0.717) is 19.1 Å². The molecule has 0 radical (unpaired) electrons. The predicted octanol–water partition coefficient (Wildman–Crippen LogP) is 1.56. The van der Waals surface area contributed by atoms with Gasteiger partial charge in [-0.2, -0.15) is 0 Å². The second-order valence-corrected chi connectivity index (χ2v) is 2.88. The highest BCUT2D eigenvalue weighted by Gasteiger charge is 2.09. The molecule has 2 atom stereocenters. The molecule has 0 fully saturated rings. The second-order valence-electron chi connectivity index (χ2n) is 2.88. The number of rotatable bonds is 6. The summed E-state index contributed by atoms with van der Waals surface area (Å²) < 4.78 is 5.22. The lowest BCUT2D eigenvalue weighted by atomic mass is 10.0. The zero-order chi connectivity index (χ0) is 8.69. The van der Waals surface area contributed by atoms with Crippen LogP contribution in [0.2, 0.25) is 0 Å². The monoisotopic (exact) mass is 157 g/mol. The van der Waals surface area contributed by atoms with E-state index in [0.717, 1.165) is 6.42 Å². The van der Waals surface area contributed by atoms with E-state index in [1.165, 1.54) is 0 Å². The van der Waals surface area contributed by atoms with Crippen molar-refractivity contribution < 1.29 is 4.74 Å². The minimum atomic E-state index is 0.167. The molecule has 0 aromatic rings. The van der Waals surface area contributed by atoms with E-state index in [4.69, 9.17) is 10.5 Å². The predicted molar refractivity (Wildman–Crippen MR) is 48.4 cm³/mol. The van der Waals surface area contributed by atoms with E-state index >= 15 is 0 Å². The lowest BCUT2D eigenvalue weighted by Crippen LogP contribution is -2.32. The summed E-state index contributed by atoms with van der Waals surface area (Å²) in [6.07, 6.45) is 2.85. The highest BCUT2D eigenvalue weighted by atomic mass is 16.5. The van der Waals surface area contributed by atoms with Gasteiger partial charge in [-0.1, -0.05) is 26.3 Å². The van der Waals surface area contributed by atoms with E-state index in [1.54, 1.807) is 6.08 Å². The first-order valence-electron chi connectivity index (χ1n) is 4.16. The maximum atomic E-state index is 5.81. The van der Waals surface area contributed by atoms with Gasteiger partial charge in [0.25, 0.3) is 0 Å². The molecule has 0 heterocycles. The fourth-order valence-electron chi connectivity index (χ4n) is 0.754. The van der Waals surface area contributed by atoms with Gasteiger partial charge in [-0.25, -0.2) is 0 Å². The Labute approximate surface area is 69.4 Å². The highest BCUT2D eigenvalue weighted by molar-refractivity contribution is 4.69. The van der Waals surface area contributed by atoms with Crippen molar-refractivity contribution in [3.05, 3.63) is 12.7 Å². The van der Waals surface area contributed by atoms with Crippen molar-refractivity contribution >= 4 is 0 Å². The molecule has 0 aliphatic carbocycles. The molecule has 0 saturated heterocycles. The molecule has 0 unspecified atom stereocenters. The van der Waals surface area contributed by atoms with Crippen LogP contribution >= 0.6 is 0 Å². The topological polar surface area (TPSA) is 35.2 Å². The Hall–Kier alpha value is -0.340. The number of hydrogen-bond donors (Lipinski definition) is 1. The average molecular weight is 157 g/mol. The lowest BCUT2D eigenvalue weighted by molar-refractivity contribution is 0.130. The van der Waals surface area contributed by atoms with Crippen LogP contribution < -0.4 is 5.73 Å². The molecular weight excluding hydrogens is 138 g/mol. The molecule has 2 N–H and O–H groups in total. The van der Waals surface area contributed by atoms with Crippen LogP contribution in [-0.4, -0.2) is 19.3 Å². The minimum absolute atomic E-state index is 0.167. The summed E-state index contributed by atoms with van der Waals surface area (Å²) in [5, 5.41) is 0. The molecule has 0 spiro atoms. The van der Waals surface area contributed by atoms with Gasteiger partial charge in [-0.3, -0.25) is 0 Å². The third kappa shape index (κ3) is 4.99. The van der Waals surface area contributed by atoms with Crippen LogP contribution in [0.1, 0.15) is 20.3 Å². The molecule has 0 aliphatic heterocycles. The minimum Gasteiger partial charge on any atom is -0.376 e. The standard InChI is InChI=1S/C9H19NO/c1-4-6-11-7-9(10)8(3)5-2/h4,8-9H,1,5-7,10H2,2-3H3/t8-,9+/m0/s1. The van der Waals surface area contributed by atoms with Crippen LogP contribution in [0.5, 0.6) is 0 Å². The molecule has 2 nitrogen and oxygen atoms in total. The number of ether oxygens (including phenoxy) is 1. The Balaban J connectivity index is 3.34. The molecule has 0 rings (SSSR count). The molecule has 0 saturated carbocycles. The Kier molecular flexibility index (Phi) is 6.18. The largest absolute Gasteiger partial charge is 0.376 e. The first-order valence-corrected chi connectivity index (χ1v) is 4.16. The van der Waals surface area contributed by atoms with E-state index < -0.39 is 0 Å². The van der Waals surface area contributed by atoms with Crippen molar-refractivity contribution in [3.8, 4) is 0 Å². The van der Waals surface area contributed by atoms with Gasteiger partial charge >= 0.3 is 0 Å². The number of hydrogen-bond acceptors (Lipinski definition) is 2. The zero-order valence-electron chi connectivity index (χ0n) is 7.55. The van der Waals surface area contributed by atoms with Crippen molar-refractivity contribution in [2.45, 2.75) is 26.3 Å². The van der Waals surface area contributed by atoms with Crippen molar-refractivity contribution in [1.29, 1.82) is 0 Å². The molecule has 0 amide bonds. The maximum absolute atomic E-state index is 5.81. The van der Waals surface area contributed by atoms with Crippen molar-refractivity contribution in [2.75, 3.05) is 13.2 Å². The second kappa shape index (κ2) is 6.38. The SMILES string of the molecule is C=CCOC[C@@H](N)[C@@H](C)CC. The normalized spacial score (nSPS) is 15.9. The Bertz CT molecular complexity index is 104. The van der Waals surface area contributed by atoms with Crippen molar-refractivity contribution in [3.63, 3.8) is 0 Å². The Morgan fingerprint density at radius 3 is 2.73 bits per heavy atom. The molecule has 0 bridgehead atoms. The molecule has 66 valence electrons. The maximum Gasteiger partial charge on any atom is 0.0645 e. The fourth-order valence-corrected chi connectivity index (χ4v) is 0.754. The van der Waals surface area contributed by atoms with Gasteiger partial charge < -0.3 is 10.5 Å². The summed E-state index contributed by atoms with van der Waals surface area (Å²) in [6.45, 7) is 9.08. The fraction of sp³-hybridized carbons (Fsp3) is 0.778. The van der Waals surface area contributed by atoms with Crippen molar-refractivity contribution in [2.24, 2.45) is 11.7 Å². The van der Waals surface area contributed by atoms with Gasteiger partial charge in [-0.05, 0) is 5.92 Å². The Morgan fingerprint density at radius 2 is 2.27 bits per heavy atom. The van der Waals surface area contributed by atoms with Gasteiger partial charge in [0.1, 0.15) is 0 Å². The van der Waals surface area contributed by atoms with Crippen LogP contribution in [0.25, 0.3) is 0 Å². The smallest absolute Gasteiger partial charge is 0.0645 e. The van der Waals surface area contributed by atoms with Crippen LogP contribution in [0.3, 0.4) is 0 Å². The quantitative estimate of drug-likeness (QED) is 0.469. The summed E-state index contributed by atoms with van der Waals surface area (Å²) in [7, 11) is 0. The van der Waals surface area contributed by atoms with E-state index in [9.17, 15) is 0 Å². The molecule has 0 aliphatic rings. The van der Waals surface area contributed by atoms with Gasteiger partial charge in [0, 0.05) is 6.04 Å². The first kappa shape index (κ1) is 10.7. The molecule has 0 aromatic heterocycles. The van der Waals surface area contributed by atoms with Gasteiger partial charge in [0.05, 0.1) is 13.2 Å². The highest BCUT2D eigenvalue weighted by Crippen LogP contribution is 2.04. The molecule has 11 heavy (non-hydrogen) atoms. The number of nitrogens with two attached hydrogens (primary N) is 1. The van der Waals surface area contributed by atoms with Gasteiger partial charge in [0.2, 0.25) is 0 Å². The summed E-state index contributed by atoms with van der Waals surface area (Å²) in [5.74, 6) is 0.541. The van der Waals surface area contributed by atoms with E-state index in [1.807, 2.05) is 0 Å². The van der Waals surface area contributed by atoms with Crippen LogP contribution in [0.15, 0.2) is 12.7 Å². The summed E-state index contributed by atoms with van der Waals surface area (Å²) in [4.78, 5) is 0. The van der Waals surface area contributed by atoms with Gasteiger partial charge in [-0.15, -0.1) is 6.58 Å². The zero-order valence-corrected chi connectivity index (χ0v) is 7.55. The average Bonchev–Trinajstić information content (AvgIpc) is 2.03. The van der Waals surface area contributed by atoms with Crippen LogP contribution in [-0.2, 0) is 4.74 Å². The lowest BCUT2D eigenvalue weighted by Gasteiger charge is -2.17. The first-order chi connectivity index (χ1) is 5.22. The summed E-state index contributed by atoms with van der Waals surface area (Å²) in [5.41, 5.74) is 5.81. The Morgan fingerprint density at radius 1 is 1.64 bits per heavy atom.